The molecule has 0 aromatic carbocycles. The second-order valence-electron chi connectivity index (χ2n) is 6.51. The van der Waals surface area contributed by atoms with E-state index in [4.69, 9.17) is 4.74 Å². The van der Waals surface area contributed by atoms with Gasteiger partial charge in [0.1, 0.15) is 5.78 Å². The Morgan fingerprint density at radius 2 is 1.76 bits per heavy atom. The van der Waals surface area contributed by atoms with Crippen molar-refractivity contribution in [3.63, 3.8) is 0 Å². The van der Waals surface area contributed by atoms with Gasteiger partial charge in [-0.2, -0.15) is 0 Å². The van der Waals surface area contributed by atoms with Gasteiger partial charge in [0, 0.05) is 6.42 Å². The highest BCUT2D eigenvalue weighted by molar-refractivity contribution is 5.75. The van der Waals surface area contributed by atoms with E-state index >= 15 is 0 Å². The summed E-state index contributed by atoms with van der Waals surface area (Å²) in [5.74, 6) is 0.222. The van der Waals surface area contributed by atoms with E-state index in [2.05, 4.69) is 32.9 Å². The largest absolute Gasteiger partial charge is 0.369 e. The molecule has 0 aliphatic rings. The molecular weight excluding hydrogens is 212 g/mol. The highest BCUT2D eigenvalue weighted by atomic mass is 16.5. The molecule has 0 saturated carbocycles. The minimum absolute atomic E-state index is 0.0798. The van der Waals surface area contributed by atoms with E-state index in [1.165, 1.54) is 0 Å². The molecule has 1 atom stereocenters. The molecule has 0 aliphatic heterocycles. The first-order valence-corrected chi connectivity index (χ1v) is 6.38. The number of carbonyl (C=O) groups is 1. The highest BCUT2D eigenvalue weighted by Crippen LogP contribution is 2.21. The molecule has 0 radical (unpaired) electrons. The normalized spacial score (nSPS) is 15.2. The van der Waals surface area contributed by atoms with Crippen molar-refractivity contribution >= 4 is 5.78 Å². The van der Waals surface area contributed by atoms with Crippen LogP contribution in [0.5, 0.6) is 0 Å². The fraction of sp³-hybridized carbons (Fsp3) is 0.800. The van der Waals surface area contributed by atoms with Crippen LogP contribution in [0.4, 0.5) is 0 Å². The molecule has 0 N–H and O–H groups in total. The van der Waals surface area contributed by atoms with E-state index in [1.807, 2.05) is 20.8 Å². The van der Waals surface area contributed by atoms with Crippen LogP contribution in [-0.4, -0.2) is 17.5 Å². The van der Waals surface area contributed by atoms with E-state index in [0.717, 1.165) is 6.42 Å². The van der Waals surface area contributed by atoms with Crippen LogP contribution in [0.2, 0.25) is 0 Å². The molecule has 100 valence electrons. The molecule has 0 heterocycles. The summed E-state index contributed by atoms with van der Waals surface area (Å²) in [6.45, 7) is 14.2. The predicted octanol–water partition coefficient (Wildman–Crippen LogP) is 4.14. The molecule has 2 nitrogen and oxygen atoms in total. The first-order valence-electron chi connectivity index (χ1n) is 6.38. The lowest BCUT2D eigenvalue weighted by molar-refractivity contribution is -0.119. The van der Waals surface area contributed by atoms with Gasteiger partial charge in [0.2, 0.25) is 0 Å². The van der Waals surface area contributed by atoms with Crippen LogP contribution in [0, 0.1) is 5.41 Å². The molecule has 17 heavy (non-hydrogen) atoms. The average Bonchev–Trinajstić information content (AvgIpc) is 2.10. The van der Waals surface area contributed by atoms with Gasteiger partial charge in [-0.15, -0.1) is 0 Å². The third-order valence-electron chi connectivity index (χ3n) is 2.45. The Labute approximate surface area is 106 Å². The molecule has 0 saturated heterocycles. The Morgan fingerprint density at radius 1 is 1.24 bits per heavy atom. The fourth-order valence-electron chi connectivity index (χ4n) is 1.50. The Morgan fingerprint density at radius 3 is 2.18 bits per heavy atom. The average molecular weight is 240 g/mol. The van der Waals surface area contributed by atoms with Crippen LogP contribution in [0.1, 0.15) is 61.3 Å². The molecule has 0 aromatic rings. The Bertz CT molecular complexity index is 269. The van der Waals surface area contributed by atoms with Gasteiger partial charge in [0.05, 0.1) is 11.7 Å². The van der Waals surface area contributed by atoms with Gasteiger partial charge < -0.3 is 9.53 Å². The summed E-state index contributed by atoms with van der Waals surface area (Å²) in [7, 11) is 0. The zero-order chi connectivity index (χ0) is 13.7. The van der Waals surface area contributed by atoms with Crippen LogP contribution in [0.15, 0.2) is 12.2 Å². The van der Waals surface area contributed by atoms with Crippen LogP contribution in [-0.2, 0) is 9.53 Å². The number of Topliss-reactive ketones (excluding diaryl/α,β-unsaturated/α-hetero) is 1. The van der Waals surface area contributed by atoms with Gasteiger partial charge in [0.25, 0.3) is 0 Å². The summed E-state index contributed by atoms with van der Waals surface area (Å²) in [5.41, 5.74) is -0.0611. The van der Waals surface area contributed by atoms with Crippen LogP contribution in [0.25, 0.3) is 0 Å². The van der Waals surface area contributed by atoms with E-state index in [9.17, 15) is 4.79 Å². The third kappa shape index (κ3) is 10.3. The lowest BCUT2D eigenvalue weighted by atomic mass is 9.95. The summed E-state index contributed by atoms with van der Waals surface area (Å²) in [6.07, 6.45) is 5.70. The summed E-state index contributed by atoms with van der Waals surface area (Å²) in [6, 6.07) is 0. The number of hydrogen-bond acceptors (Lipinski definition) is 2. The van der Waals surface area contributed by atoms with Gasteiger partial charge in [-0.3, -0.25) is 0 Å². The van der Waals surface area contributed by atoms with Crippen molar-refractivity contribution < 1.29 is 9.53 Å². The molecule has 1 unspecified atom stereocenters. The third-order valence-corrected chi connectivity index (χ3v) is 2.45. The Kier molecular flexibility index (Phi) is 6.11. The molecule has 0 fully saturated rings. The quantitative estimate of drug-likeness (QED) is 0.652. The molecule has 0 aromatic heterocycles. The van der Waals surface area contributed by atoms with E-state index in [0.29, 0.717) is 6.42 Å². The first-order chi connectivity index (χ1) is 7.52. The molecule has 0 bridgehead atoms. The minimum atomic E-state index is -0.243. The van der Waals surface area contributed by atoms with Crippen LogP contribution >= 0.6 is 0 Å². The minimum Gasteiger partial charge on any atom is -0.369 e. The second kappa shape index (κ2) is 6.34. The maximum absolute atomic E-state index is 11.0. The molecule has 0 spiro atoms. The predicted molar refractivity (Wildman–Crippen MR) is 73.1 cm³/mol. The van der Waals surface area contributed by atoms with Gasteiger partial charge in [0.15, 0.2) is 0 Å². The number of ether oxygens (including phenoxy) is 1. The summed E-state index contributed by atoms with van der Waals surface area (Å²) < 4.78 is 5.94. The monoisotopic (exact) mass is 240 g/mol. The summed E-state index contributed by atoms with van der Waals surface area (Å²) in [5, 5.41) is 0. The van der Waals surface area contributed by atoms with E-state index < -0.39 is 0 Å². The highest BCUT2D eigenvalue weighted by Gasteiger charge is 2.21. The maximum atomic E-state index is 11.0. The smallest absolute Gasteiger partial charge is 0.129 e. The molecule has 0 rings (SSSR count). The number of hydrogen-bond donors (Lipinski definition) is 0. The molecular formula is C15H28O2. The summed E-state index contributed by atoms with van der Waals surface area (Å²) in [4.78, 5) is 11.0. The molecule has 0 aliphatic carbocycles. The van der Waals surface area contributed by atoms with Crippen molar-refractivity contribution in [2.45, 2.75) is 73.0 Å². The van der Waals surface area contributed by atoms with Crippen molar-refractivity contribution in [1.29, 1.82) is 0 Å². The number of allylic oxidation sites excluding steroid dienone is 1. The topological polar surface area (TPSA) is 26.3 Å². The van der Waals surface area contributed by atoms with Crippen LogP contribution < -0.4 is 0 Å². The van der Waals surface area contributed by atoms with Crippen molar-refractivity contribution in [2.75, 3.05) is 0 Å². The SMILES string of the molecule is CC(=O)CCC(C)(C)OC(C)/C=C/C(C)(C)C. The second-order valence-corrected chi connectivity index (χ2v) is 6.51. The van der Waals surface area contributed by atoms with Crippen LogP contribution in [0.3, 0.4) is 0 Å². The van der Waals surface area contributed by atoms with Gasteiger partial charge >= 0.3 is 0 Å². The lowest BCUT2D eigenvalue weighted by Gasteiger charge is -2.28. The standard InChI is InChI=1S/C15H28O2/c1-12(16)8-11-15(6,7)17-13(2)9-10-14(3,4)5/h9-10,13H,8,11H2,1-7H3/b10-9+. The zero-order valence-electron chi connectivity index (χ0n) is 12.5. The van der Waals surface area contributed by atoms with Gasteiger partial charge in [-0.25, -0.2) is 0 Å². The number of rotatable bonds is 6. The number of carbonyl (C=O) groups excluding carboxylic acids is 1. The van der Waals surface area contributed by atoms with Gasteiger partial charge in [-0.1, -0.05) is 32.9 Å². The Balaban J connectivity index is 4.22. The van der Waals surface area contributed by atoms with Crippen molar-refractivity contribution in [1.82, 2.24) is 0 Å². The van der Waals surface area contributed by atoms with Crippen molar-refractivity contribution in [2.24, 2.45) is 5.41 Å². The fourth-order valence-corrected chi connectivity index (χ4v) is 1.50. The lowest BCUT2D eigenvalue weighted by Crippen LogP contribution is -2.29. The van der Waals surface area contributed by atoms with Gasteiger partial charge in [-0.05, 0) is 39.5 Å². The summed E-state index contributed by atoms with van der Waals surface area (Å²) >= 11 is 0. The zero-order valence-corrected chi connectivity index (χ0v) is 12.5. The number of ketones is 1. The first kappa shape index (κ1) is 16.4. The Hall–Kier alpha value is -0.630. The molecule has 2 heteroatoms. The van der Waals surface area contributed by atoms with E-state index in [-0.39, 0.29) is 22.9 Å². The van der Waals surface area contributed by atoms with Crippen molar-refractivity contribution in [3.8, 4) is 0 Å². The maximum Gasteiger partial charge on any atom is 0.129 e. The molecule has 0 amide bonds. The van der Waals surface area contributed by atoms with Crippen molar-refractivity contribution in [3.05, 3.63) is 12.2 Å². The van der Waals surface area contributed by atoms with E-state index in [1.54, 1.807) is 6.92 Å².